The highest BCUT2D eigenvalue weighted by Crippen LogP contribution is 2.20. The first kappa shape index (κ1) is 16.6. The number of nitrogens with zero attached hydrogens (tertiary/aromatic N) is 1. The molecule has 0 amide bonds. The first-order valence-electron chi connectivity index (χ1n) is 6.10. The Kier molecular flexibility index (Phi) is 5.67. The van der Waals surface area contributed by atoms with E-state index >= 15 is 0 Å². The maximum absolute atomic E-state index is 12.4. The van der Waals surface area contributed by atoms with Gasteiger partial charge in [-0.3, -0.25) is 0 Å². The van der Waals surface area contributed by atoms with Gasteiger partial charge in [0.25, 0.3) is 0 Å². The Balaban J connectivity index is 3.08. The highest BCUT2D eigenvalue weighted by molar-refractivity contribution is 7.89. The summed E-state index contributed by atoms with van der Waals surface area (Å²) in [6.45, 7) is 2.42. The van der Waals surface area contributed by atoms with Crippen LogP contribution in [0.25, 0.3) is 0 Å². The fourth-order valence-electron chi connectivity index (χ4n) is 1.73. The highest BCUT2D eigenvalue weighted by Gasteiger charge is 2.23. The highest BCUT2D eigenvalue weighted by atomic mass is 32.2. The second kappa shape index (κ2) is 6.83. The standard InChI is InChI=1S/C13H19NO5S/c1-10-5-6-11(13(15)16)9-12(10)20(17,18)14(2)7-4-8-19-3/h5-6,9H,4,7-8H2,1-3H3,(H,15,16). The van der Waals surface area contributed by atoms with E-state index in [1.807, 2.05) is 0 Å². The summed E-state index contributed by atoms with van der Waals surface area (Å²) < 4.78 is 30.9. The third-order valence-electron chi connectivity index (χ3n) is 2.94. The summed E-state index contributed by atoms with van der Waals surface area (Å²) in [5.41, 5.74) is 0.480. The average Bonchev–Trinajstić information content (AvgIpc) is 2.38. The number of rotatable bonds is 7. The first-order chi connectivity index (χ1) is 9.30. The molecule has 0 fully saturated rings. The van der Waals surface area contributed by atoms with Crippen molar-refractivity contribution in [2.45, 2.75) is 18.2 Å². The van der Waals surface area contributed by atoms with Gasteiger partial charge in [-0.15, -0.1) is 0 Å². The molecule has 0 aromatic heterocycles. The van der Waals surface area contributed by atoms with Crippen LogP contribution in [0.2, 0.25) is 0 Å². The van der Waals surface area contributed by atoms with Gasteiger partial charge in [-0.05, 0) is 31.0 Å². The van der Waals surface area contributed by atoms with Crippen molar-refractivity contribution in [3.8, 4) is 0 Å². The minimum absolute atomic E-state index is 0.0253. The SMILES string of the molecule is COCCCN(C)S(=O)(=O)c1cc(C(=O)O)ccc1C. The molecule has 0 bridgehead atoms. The van der Waals surface area contributed by atoms with Crippen molar-refractivity contribution in [2.24, 2.45) is 0 Å². The average molecular weight is 301 g/mol. The first-order valence-corrected chi connectivity index (χ1v) is 7.54. The van der Waals surface area contributed by atoms with Gasteiger partial charge in [0.1, 0.15) is 0 Å². The lowest BCUT2D eigenvalue weighted by Crippen LogP contribution is -2.29. The predicted molar refractivity (Wildman–Crippen MR) is 74.4 cm³/mol. The molecule has 1 rings (SSSR count). The van der Waals surface area contributed by atoms with E-state index in [1.165, 1.54) is 29.6 Å². The van der Waals surface area contributed by atoms with Crippen molar-refractivity contribution in [1.29, 1.82) is 0 Å². The molecular formula is C13H19NO5S. The van der Waals surface area contributed by atoms with E-state index in [-0.39, 0.29) is 10.5 Å². The molecule has 0 aliphatic heterocycles. The molecule has 0 atom stereocenters. The Morgan fingerprint density at radius 2 is 2.05 bits per heavy atom. The summed E-state index contributed by atoms with van der Waals surface area (Å²) in [4.78, 5) is 11.0. The summed E-state index contributed by atoms with van der Waals surface area (Å²) in [5, 5.41) is 8.95. The van der Waals surface area contributed by atoms with E-state index in [0.29, 0.717) is 25.1 Å². The van der Waals surface area contributed by atoms with E-state index in [9.17, 15) is 13.2 Å². The fraction of sp³-hybridized carbons (Fsp3) is 0.462. The van der Waals surface area contributed by atoms with Crippen LogP contribution in [-0.4, -0.2) is 51.1 Å². The molecule has 0 aliphatic rings. The van der Waals surface area contributed by atoms with Crippen LogP contribution < -0.4 is 0 Å². The topological polar surface area (TPSA) is 83.9 Å². The minimum Gasteiger partial charge on any atom is -0.478 e. The van der Waals surface area contributed by atoms with Crippen molar-refractivity contribution < 1.29 is 23.1 Å². The Morgan fingerprint density at radius 1 is 1.40 bits per heavy atom. The van der Waals surface area contributed by atoms with Gasteiger partial charge in [-0.2, -0.15) is 0 Å². The van der Waals surface area contributed by atoms with Crippen molar-refractivity contribution in [2.75, 3.05) is 27.3 Å². The lowest BCUT2D eigenvalue weighted by Gasteiger charge is -2.18. The number of aromatic carboxylic acids is 1. The van der Waals surface area contributed by atoms with Crippen LogP contribution in [0.3, 0.4) is 0 Å². The van der Waals surface area contributed by atoms with Crippen LogP contribution in [0.1, 0.15) is 22.3 Å². The quantitative estimate of drug-likeness (QED) is 0.769. The normalized spacial score (nSPS) is 11.8. The molecule has 1 aromatic rings. The Hall–Kier alpha value is -1.44. The molecule has 20 heavy (non-hydrogen) atoms. The molecule has 0 heterocycles. The maximum atomic E-state index is 12.4. The van der Waals surface area contributed by atoms with Crippen LogP contribution in [0.4, 0.5) is 0 Å². The van der Waals surface area contributed by atoms with Crippen molar-refractivity contribution in [3.05, 3.63) is 29.3 Å². The summed E-state index contributed by atoms with van der Waals surface area (Å²) in [5.74, 6) is -1.15. The molecular weight excluding hydrogens is 282 g/mol. The molecule has 0 saturated carbocycles. The van der Waals surface area contributed by atoms with Gasteiger partial charge in [-0.1, -0.05) is 6.07 Å². The molecule has 0 unspecified atom stereocenters. The second-order valence-electron chi connectivity index (χ2n) is 4.46. The number of ether oxygens (including phenoxy) is 1. The molecule has 0 spiro atoms. The summed E-state index contributed by atoms with van der Waals surface area (Å²) in [7, 11) is -0.671. The van der Waals surface area contributed by atoms with Gasteiger partial charge in [0.2, 0.25) is 10.0 Å². The van der Waals surface area contributed by atoms with Gasteiger partial charge in [0.05, 0.1) is 10.5 Å². The molecule has 0 aliphatic carbocycles. The second-order valence-corrected chi connectivity index (χ2v) is 6.47. The summed E-state index contributed by atoms with van der Waals surface area (Å²) in [6, 6.07) is 4.08. The zero-order valence-corrected chi connectivity index (χ0v) is 12.6. The molecule has 1 aromatic carbocycles. The van der Waals surface area contributed by atoms with Crippen molar-refractivity contribution in [3.63, 3.8) is 0 Å². The van der Waals surface area contributed by atoms with Crippen LogP contribution in [0.15, 0.2) is 23.1 Å². The molecule has 1 N–H and O–H groups in total. The smallest absolute Gasteiger partial charge is 0.335 e. The molecule has 6 nitrogen and oxygen atoms in total. The van der Waals surface area contributed by atoms with Crippen LogP contribution in [0, 0.1) is 6.92 Å². The van der Waals surface area contributed by atoms with Crippen LogP contribution in [-0.2, 0) is 14.8 Å². The lowest BCUT2D eigenvalue weighted by atomic mass is 10.1. The number of carboxylic acids is 1. The van der Waals surface area contributed by atoms with E-state index in [1.54, 1.807) is 14.0 Å². The molecule has 7 heteroatoms. The van der Waals surface area contributed by atoms with E-state index in [2.05, 4.69) is 0 Å². The van der Waals surface area contributed by atoms with Crippen LogP contribution >= 0.6 is 0 Å². The third kappa shape index (κ3) is 3.78. The minimum atomic E-state index is -3.69. The van der Waals surface area contributed by atoms with Gasteiger partial charge in [0.15, 0.2) is 0 Å². The number of sulfonamides is 1. The van der Waals surface area contributed by atoms with E-state index < -0.39 is 16.0 Å². The number of carbonyl (C=O) groups is 1. The van der Waals surface area contributed by atoms with Crippen LogP contribution in [0.5, 0.6) is 0 Å². The molecule has 112 valence electrons. The van der Waals surface area contributed by atoms with Gasteiger partial charge >= 0.3 is 5.97 Å². The Morgan fingerprint density at radius 3 is 2.60 bits per heavy atom. The van der Waals surface area contributed by atoms with Crippen molar-refractivity contribution >= 4 is 16.0 Å². The monoisotopic (exact) mass is 301 g/mol. The largest absolute Gasteiger partial charge is 0.478 e. The van der Waals surface area contributed by atoms with Gasteiger partial charge in [-0.25, -0.2) is 17.5 Å². The fourth-order valence-corrected chi connectivity index (χ4v) is 3.19. The van der Waals surface area contributed by atoms with E-state index in [0.717, 1.165) is 0 Å². The molecule has 0 radical (unpaired) electrons. The zero-order chi connectivity index (χ0) is 15.3. The zero-order valence-electron chi connectivity index (χ0n) is 11.8. The number of hydrogen-bond donors (Lipinski definition) is 1. The van der Waals surface area contributed by atoms with Gasteiger partial charge in [0, 0.05) is 27.3 Å². The Bertz CT molecular complexity index is 582. The number of benzene rings is 1. The maximum Gasteiger partial charge on any atom is 0.335 e. The summed E-state index contributed by atoms with van der Waals surface area (Å²) in [6.07, 6.45) is 0.573. The van der Waals surface area contributed by atoms with E-state index in [4.69, 9.17) is 9.84 Å². The number of hydrogen-bond acceptors (Lipinski definition) is 4. The Labute approximate surface area is 119 Å². The predicted octanol–water partition coefficient (Wildman–Crippen LogP) is 1.35. The third-order valence-corrected chi connectivity index (χ3v) is 4.94. The van der Waals surface area contributed by atoms with Gasteiger partial charge < -0.3 is 9.84 Å². The lowest BCUT2D eigenvalue weighted by molar-refractivity contribution is 0.0696. The van der Waals surface area contributed by atoms with Crippen molar-refractivity contribution in [1.82, 2.24) is 4.31 Å². The number of aryl methyl sites for hydroxylation is 1. The number of methoxy groups -OCH3 is 1. The summed E-state index contributed by atoms with van der Waals surface area (Å²) >= 11 is 0. The molecule has 0 saturated heterocycles. The number of carboxylic acid groups (broad SMARTS) is 1.